The van der Waals surface area contributed by atoms with Crippen molar-refractivity contribution in [2.24, 2.45) is 5.92 Å². The minimum absolute atomic E-state index is 0.0608. The fourth-order valence-corrected chi connectivity index (χ4v) is 2.79. The van der Waals surface area contributed by atoms with Gasteiger partial charge in [-0.3, -0.25) is 4.79 Å². The highest BCUT2D eigenvalue weighted by Crippen LogP contribution is 2.25. The molecule has 1 fully saturated rings. The van der Waals surface area contributed by atoms with Gasteiger partial charge in [0.25, 0.3) is 0 Å². The van der Waals surface area contributed by atoms with Crippen molar-refractivity contribution in [3.63, 3.8) is 0 Å². The number of ether oxygens (including phenoxy) is 1. The predicted molar refractivity (Wildman–Crippen MR) is 77.3 cm³/mol. The van der Waals surface area contributed by atoms with E-state index in [9.17, 15) is 9.18 Å². The molecule has 1 aliphatic carbocycles. The fraction of sp³-hybridized carbons (Fsp3) is 0.588. The van der Waals surface area contributed by atoms with E-state index in [2.05, 4.69) is 6.92 Å². The molecule has 0 spiro atoms. The van der Waals surface area contributed by atoms with E-state index in [1.807, 2.05) is 0 Å². The molecule has 1 saturated carbocycles. The van der Waals surface area contributed by atoms with E-state index in [4.69, 9.17) is 4.74 Å². The van der Waals surface area contributed by atoms with Gasteiger partial charge in [0, 0.05) is 18.6 Å². The molecule has 1 aromatic rings. The van der Waals surface area contributed by atoms with E-state index in [-0.39, 0.29) is 11.6 Å². The van der Waals surface area contributed by atoms with E-state index in [1.54, 1.807) is 12.1 Å². The minimum atomic E-state index is -0.309. The summed E-state index contributed by atoms with van der Waals surface area (Å²) in [5.41, 5.74) is 0.581. The summed E-state index contributed by atoms with van der Waals surface area (Å²) >= 11 is 0. The number of rotatable bonds is 6. The summed E-state index contributed by atoms with van der Waals surface area (Å²) in [7, 11) is 0. The lowest BCUT2D eigenvalue weighted by molar-refractivity contribution is 0.0140. The molecule has 0 heterocycles. The summed E-state index contributed by atoms with van der Waals surface area (Å²) in [6, 6.07) is 5.74. The Kier molecular flexibility index (Phi) is 5.72. The molecule has 1 aliphatic rings. The second kappa shape index (κ2) is 7.53. The van der Waals surface area contributed by atoms with Crippen molar-refractivity contribution in [3.8, 4) is 0 Å². The Labute approximate surface area is 120 Å². The molecule has 2 atom stereocenters. The number of carbonyl (C=O) groups is 1. The van der Waals surface area contributed by atoms with Crippen LogP contribution in [0.3, 0.4) is 0 Å². The summed E-state index contributed by atoms with van der Waals surface area (Å²) in [6.07, 6.45) is 6.43. The van der Waals surface area contributed by atoms with E-state index in [0.29, 0.717) is 24.7 Å². The van der Waals surface area contributed by atoms with Gasteiger partial charge in [0.05, 0.1) is 6.10 Å². The zero-order chi connectivity index (χ0) is 14.4. The number of halogens is 1. The topological polar surface area (TPSA) is 26.3 Å². The van der Waals surface area contributed by atoms with Gasteiger partial charge in [0.2, 0.25) is 0 Å². The first-order chi connectivity index (χ1) is 9.65. The molecule has 0 bridgehead atoms. The van der Waals surface area contributed by atoms with Gasteiger partial charge in [-0.25, -0.2) is 4.39 Å². The molecule has 2 rings (SSSR count). The van der Waals surface area contributed by atoms with Crippen LogP contribution in [-0.4, -0.2) is 18.5 Å². The molecule has 0 aliphatic heterocycles. The van der Waals surface area contributed by atoms with Gasteiger partial charge < -0.3 is 4.74 Å². The van der Waals surface area contributed by atoms with E-state index < -0.39 is 0 Å². The summed E-state index contributed by atoms with van der Waals surface area (Å²) in [5.74, 6) is 0.511. The van der Waals surface area contributed by atoms with Crippen LogP contribution >= 0.6 is 0 Å². The molecular formula is C17H23FO2. The van der Waals surface area contributed by atoms with E-state index in [0.717, 1.165) is 25.2 Å². The maximum atomic E-state index is 12.8. The largest absolute Gasteiger partial charge is 0.378 e. The van der Waals surface area contributed by atoms with Gasteiger partial charge in [-0.15, -0.1) is 0 Å². The van der Waals surface area contributed by atoms with Crippen molar-refractivity contribution in [1.82, 2.24) is 0 Å². The third-order valence-electron chi connectivity index (χ3n) is 3.96. The Morgan fingerprint density at radius 1 is 1.30 bits per heavy atom. The van der Waals surface area contributed by atoms with Crippen LogP contribution in [0.4, 0.5) is 4.39 Å². The summed E-state index contributed by atoms with van der Waals surface area (Å²) < 4.78 is 18.6. The number of carbonyl (C=O) groups excluding carboxylic acids is 1. The molecule has 110 valence electrons. The zero-order valence-electron chi connectivity index (χ0n) is 12.1. The third kappa shape index (κ3) is 4.71. The molecule has 0 aromatic heterocycles. The standard InChI is InChI=1S/C17H23FO2/c1-13-4-2-5-16(12-13)20-11-3-6-17(19)14-7-9-15(18)10-8-14/h7-10,13,16H,2-6,11-12H2,1H3. The summed E-state index contributed by atoms with van der Waals surface area (Å²) in [5, 5.41) is 0. The van der Waals surface area contributed by atoms with Crippen molar-refractivity contribution in [1.29, 1.82) is 0 Å². The summed E-state index contributed by atoms with van der Waals surface area (Å²) in [4.78, 5) is 11.9. The Morgan fingerprint density at radius 3 is 2.75 bits per heavy atom. The van der Waals surface area contributed by atoms with Crippen molar-refractivity contribution in [3.05, 3.63) is 35.6 Å². The van der Waals surface area contributed by atoms with Crippen molar-refractivity contribution < 1.29 is 13.9 Å². The predicted octanol–water partition coefficient (Wildman–Crippen LogP) is 4.38. The molecule has 0 N–H and O–H groups in total. The highest BCUT2D eigenvalue weighted by Gasteiger charge is 2.19. The smallest absolute Gasteiger partial charge is 0.162 e. The molecule has 1 aromatic carbocycles. The average molecular weight is 278 g/mol. The minimum Gasteiger partial charge on any atom is -0.378 e. The molecule has 2 nitrogen and oxygen atoms in total. The van der Waals surface area contributed by atoms with Crippen LogP contribution in [-0.2, 0) is 4.74 Å². The number of ketones is 1. The van der Waals surface area contributed by atoms with Gasteiger partial charge in [0.1, 0.15) is 5.82 Å². The van der Waals surface area contributed by atoms with Crippen LogP contribution in [0.2, 0.25) is 0 Å². The molecular weight excluding hydrogens is 255 g/mol. The first-order valence-corrected chi connectivity index (χ1v) is 7.55. The SMILES string of the molecule is CC1CCCC(OCCCC(=O)c2ccc(F)cc2)C1. The van der Waals surface area contributed by atoms with Crippen LogP contribution < -0.4 is 0 Å². The Morgan fingerprint density at radius 2 is 2.05 bits per heavy atom. The number of hydrogen-bond donors (Lipinski definition) is 0. The quantitative estimate of drug-likeness (QED) is 0.570. The molecule has 0 amide bonds. The first kappa shape index (κ1) is 15.2. The first-order valence-electron chi connectivity index (χ1n) is 7.55. The van der Waals surface area contributed by atoms with Crippen LogP contribution in [0, 0.1) is 11.7 Å². The van der Waals surface area contributed by atoms with Crippen molar-refractivity contribution in [2.45, 2.75) is 51.6 Å². The summed E-state index contributed by atoms with van der Waals surface area (Å²) in [6.45, 7) is 2.91. The van der Waals surface area contributed by atoms with E-state index >= 15 is 0 Å². The average Bonchev–Trinajstić information content (AvgIpc) is 2.44. The van der Waals surface area contributed by atoms with Gasteiger partial charge in [-0.05, 0) is 49.4 Å². The van der Waals surface area contributed by atoms with Crippen LogP contribution in [0.5, 0.6) is 0 Å². The van der Waals surface area contributed by atoms with Crippen molar-refractivity contribution >= 4 is 5.78 Å². The van der Waals surface area contributed by atoms with E-state index in [1.165, 1.54) is 25.0 Å². The van der Waals surface area contributed by atoms with Gasteiger partial charge in [0.15, 0.2) is 5.78 Å². The molecule has 20 heavy (non-hydrogen) atoms. The second-order valence-electron chi connectivity index (χ2n) is 5.80. The molecule has 3 heteroatoms. The number of benzene rings is 1. The third-order valence-corrected chi connectivity index (χ3v) is 3.96. The zero-order valence-corrected chi connectivity index (χ0v) is 12.1. The van der Waals surface area contributed by atoms with Gasteiger partial charge >= 0.3 is 0 Å². The van der Waals surface area contributed by atoms with Gasteiger partial charge in [-0.1, -0.05) is 19.8 Å². The Bertz CT molecular complexity index is 427. The highest BCUT2D eigenvalue weighted by molar-refractivity contribution is 5.95. The molecule has 0 radical (unpaired) electrons. The normalized spacial score (nSPS) is 22.7. The second-order valence-corrected chi connectivity index (χ2v) is 5.80. The lowest BCUT2D eigenvalue weighted by atomic mass is 9.89. The fourth-order valence-electron chi connectivity index (χ4n) is 2.79. The maximum absolute atomic E-state index is 12.8. The van der Waals surface area contributed by atoms with Crippen LogP contribution in [0.25, 0.3) is 0 Å². The number of hydrogen-bond acceptors (Lipinski definition) is 2. The van der Waals surface area contributed by atoms with Crippen LogP contribution in [0.15, 0.2) is 24.3 Å². The lowest BCUT2D eigenvalue weighted by Gasteiger charge is -2.26. The van der Waals surface area contributed by atoms with Crippen LogP contribution in [0.1, 0.15) is 55.8 Å². The maximum Gasteiger partial charge on any atom is 0.162 e. The van der Waals surface area contributed by atoms with Gasteiger partial charge in [-0.2, -0.15) is 0 Å². The molecule has 0 saturated heterocycles. The Balaban J connectivity index is 1.65. The Hall–Kier alpha value is -1.22. The number of Topliss-reactive ketones (excluding diaryl/α,β-unsaturated/α-hetero) is 1. The monoisotopic (exact) mass is 278 g/mol. The molecule has 2 unspecified atom stereocenters. The lowest BCUT2D eigenvalue weighted by Crippen LogP contribution is -2.22. The van der Waals surface area contributed by atoms with Crippen molar-refractivity contribution in [2.75, 3.05) is 6.61 Å². The highest BCUT2D eigenvalue weighted by atomic mass is 19.1.